The average molecular weight is 450 g/mol. The predicted octanol–water partition coefficient (Wildman–Crippen LogP) is 4.60. The van der Waals surface area contributed by atoms with Gasteiger partial charge in [0.2, 0.25) is 5.91 Å². The second kappa shape index (κ2) is 10.4. The summed E-state index contributed by atoms with van der Waals surface area (Å²) in [6, 6.07) is 8.99. The van der Waals surface area contributed by atoms with Crippen LogP contribution in [0.25, 0.3) is 6.08 Å². The molecule has 0 unspecified atom stereocenters. The molecule has 1 amide bonds. The minimum Gasteiger partial charge on any atom is -0.493 e. The number of hydrogen-bond donors (Lipinski definition) is 1. The molecular weight excluding hydrogens is 425 g/mol. The third-order valence-electron chi connectivity index (χ3n) is 4.86. The number of halogens is 3. The zero-order chi connectivity index (χ0) is 23.1. The Morgan fingerprint density at radius 3 is 2.56 bits per heavy atom. The number of nitrogens with zero attached hydrogens (tertiary/aromatic N) is 1. The molecule has 32 heavy (non-hydrogen) atoms. The molecule has 9 heteroatoms. The van der Waals surface area contributed by atoms with Crippen molar-refractivity contribution in [2.75, 3.05) is 50.2 Å². The summed E-state index contributed by atoms with van der Waals surface area (Å²) >= 11 is 0. The molecule has 0 bridgehead atoms. The summed E-state index contributed by atoms with van der Waals surface area (Å²) in [7, 11) is 1.50. The number of rotatable bonds is 7. The van der Waals surface area contributed by atoms with Crippen molar-refractivity contribution >= 4 is 23.4 Å². The van der Waals surface area contributed by atoms with Gasteiger partial charge >= 0.3 is 6.18 Å². The van der Waals surface area contributed by atoms with Gasteiger partial charge in [-0.3, -0.25) is 4.79 Å². The van der Waals surface area contributed by atoms with Crippen LogP contribution in [0.15, 0.2) is 42.5 Å². The molecule has 1 saturated heterocycles. The van der Waals surface area contributed by atoms with E-state index in [0.717, 1.165) is 6.07 Å². The number of amides is 1. The van der Waals surface area contributed by atoms with Crippen molar-refractivity contribution in [3.8, 4) is 11.5 Å². The summed E-state index contributed by atoms with van der Waals surface area (Å²) in [5, 5.41) is 2.33. The SMILES string of the molecule is CCOc1ccc(C=CC(=O)Nc2ccc(N3CCOCC3)cc2C(F)(F)F)cc1OC. The van der Waals surface area contributed by atoms with E-state index >= 15 is 0 Å². The number of methoxy groups -OCH3 is 1. The monoisotopic (exact) mass is 450 g/mol. The zero-order valence-electron chi connectivity index (χ0n) is 17.9. The first kappa shape index (κ1) is 23.5. The fourth-order valence-corrected chi connectivity index (χ4v) is 3.30. The van der Waals surface area contributed by atoms with E-state index in [-0.39, 0.29) is 5.69 Å². The number of nitrogens with one attached hydrogen (secondary N) is 1. The van der Waals surface area contributed by atoms with Crippen LogP contribution >= 0.6 is 0 Å². The summed E-state index contributed by atoms with van der Waals surface area (Å²) in [5.74, 6) is 0.377. The highest BCUT2D eigenvalue weighted by atomic mass is 19.4. The molecule has 1 aliphatic heterocycles. The Balaban J connectivity index is 1.76. The minimum absolute atomic E-state index is 0.298. The summed E-state index contributed by atoms with van der Waals surface area (Å²) in [6.45, 7) is 4.26. The van der Waals surface area contributed by atoms with Crippen LogP contribution in [0, 0.1) is 0 Å². The molecule has 1 aliphatic rings. The van der Waals surface area contributed by atoms with Gasteiger partial charge in [-0.05, 0) is 48.9 Å². The summed E-state index contributed by atoms with van der Waals surface area (Å²) in [5.41, 5.74) is -0.116. The van der Waals surface area contributed by atoms with Crippen molar-refractivity contribution in [3.63, 3.8) is 0 Å². The number of carbonyl (C=O) groups excluding carboxylic acids is 1. The third-order valence-corrected chi connectivity index (χ3v) is 4.86. The van der Waals surface area contributed by atoms with Crippen LogP contribution in [-0.2, 0) is 15.7 Å². The van der Waals surface area contributed by atoms with Crippen molar-refractivity contribution in [3.05, 3.63) is 53.6 Å². The van der Waals surface area contributed by atoms with Crippen molar-refractivity contribution < 1.29 is 32.2 Å². The highest BCUT2D eigenvalue weighted by molar-refractivity contribution is 6.02. The van der Waals surface area contributed by atoms with Crippen LogP contribution in [0.1, 0.15) is 18.1 Å². The van der Waals surface area contributed by atoms with Crippen LogP contribution in [-0.4, -0.2) is 45.9 Å². The molecule has 0 atom stereocenters. The first-order valence-corrected chi connectivity index (χ1v) is 10.2. The Kier molecular flexibility index (Phi) is 7.63. The van der Waals surface area contributed by atoms with E-state index in [1.807, 2.05) is 11.8 Å². The molecule has 6 nitrogen and oxygen atoms in total. The van der Waals surface area contributed by atoms with Crippen LogP contribution in [0.3, 0.4) is 0 Å². The van der Waals surface area contributed by atoms with Gasteiger partial charge in [-0.1, -0.05) is 6.07 Å². The summed E-state index contributed by atoms with van der Waals surface area (Å²) in [4.78, 5) is 14.2. The molecule has 0 spiro atoms. The number of hydrogen-bond acceptors (Lipinski definition) is 5. The second-order valence-electron chi connectivity index (χ2n) is 6.99. The third kappa shape index (κ3) is 5.94. The lowest BCUT2D eigenvalue weighted by atomic mass is 10.1. The Hall–Kier alpha value is -3.20. The average Bonchev–Trinajstić information content (AvgIpc) is 2.78. The van der Waals surface area contributed by atoms with Crippen molar-refractivity contribution in [1.82, 2.24) is 0 Å². The second-order valence-corrected chi connectivity index (χ2v) is 6.99. The van der Waals surface area contributed by atoms with Crippen molar-refractivity contribution in [2.24, 2.45) is 0 Å². The molecule has 1 fully saturated rings. The van der Waals surface area contributed by atoms with E-state index in [4.69, 9.17) is 14.2 Å². The first-order valence-electron chi connectivity index (χ1n) is 10.2. The Morgan fingerprint density at radius 2 is 1.91 bits per heavy atom. The van der Waals surface area contributed by atoms with Gasteiger partial charge in [0.05, 0.1) is 38.2 Å². The molecule has 0 saturated carbocycles. The van der Waals surface area contributed by atoms with Crippen molar-refractivity contribution in [2.45, 2.75) is 13.1 Å². The highest BCUT2D eigenvalue weighted by Gasteiger charge is 2.34. The standard InChI is InChI=1S/C23H25F3N2O4/c1-3-32-20-8-4-16(14-21(20)30-2)5-9-22(29)27-19-7-6-17(15-18(19)23(24,25)26)28-10-12-31-13-11-28/h4-9,14-15H,3,10-13H2,1-2H3,(H,27,29). The van der Waals surface area contributed by atoms with Gasteiger partial charge in [0.15, 0.2) is 11.5 Å². The maximum absolute atomic E-state index is 13.6. The van der Waals surface area contributed by atoms with Gasteiger partial charge in [0, 0.05) is 24.9 Å². The molecule has 172 valence electrons. The van der Waals surface area contributed by atoms with Crippen LogP contribution in [0.5, 0.6) is 11.5 Å². The van der Waals surface area contributed by atoms with Gasteiger partial charge in [0.1, 0.15) is 0 Å². The van der Waals surface area contributed by atoms with E-state index in [2.05, 4.69) is 5.32 Å². The fraction of sp³-hybridized carbons (Fsp3) is 0.348. The van der Waals surface area contributed by atoms with Crippen LogP contribution in [0.4, 0.5) is 24.5 Å². The number of benzene rings is 2. The number of morpholine rings is 1. The maximum atomic E-state index is 13.6. The molecule has 0 aromatic heterocycles. The first-order chi connectivity index (χ1) is 15.3. The quantitative estimate of drug-likeness (QED) is 0.625. The van der Waals surface area contributed by atoms with Gasteiger partial charge < -0.3 is 24.4 Å². The molecule has 3 rings (SSSR count). The Morgan fingerprint density at radius 1 is 1.16 bits per heavy atom. The van der Waals surface area contributed by atoms with Gasteiger partial charge in [-0.25, -0.2) is 0 Å². The topological polar surface area (TPSA) is 60.0 Å². The smallest absolute Gasteiger partial charge is 0.418 e. The largest absolute Gasteiger partial charge is 0.493 e. The van der Waals surface area contributed by atoms with E-state index in [1.54, 1.807) is 24.3 Å². The lowest BCUT2D eigenvalue weighted by Gasteiger charge is -2.29. The number of ether oxygens (including phenoxy) is 3. The van der Waals surface area contributed by atoms with Crippen molar-refractivity contribution in [1.29, 1.82) is 0 Å². The highest BCUT2D eigenvalue weighted by Crippen LogP contribution is 2.37. The number of carbonyl (C=O) groups is 1. The Labute approximate surface area is 184 Å². The number of alkyl halides is 3. The maximum Gasteiger partial charge on any atom is 0.418 e. The summed E-state index contributed by atoms with van der Waals surface area (Å²) in [6.07, 6.45) is -1.95. The molecule has 2 aromatic rings. The van der Waals surface area contributed by atoms with Crippen LogP contribution in [0.2, 0.25) is 0 Å². The number of anilines is 2. The zero-order valence-corrected chi connectivity index (χ0v) is 17.9. The molecule has 0 radical (unpaired) electrons. The van der Waals surface area contributed by atoms with E-state index in [0.29, 0.717) is 55.7 Å². The van der Waals surface area contributed by atoms with Gasteiger partial charge in [0.25, 0.3) is 0 Å². The minimum atomic E-state index is -4.61. The van der Waals surface area contributed by atoms with Gasteiger partial charge in [-0.2, -0.15) is 13.2 Å². The van der Waals surface area contributed by atoms with E-state index in [9.17, 15) is 18.0 Å². The molecule has 1 N–H and O–H groups in total. The van der Waals surface area contributed by atoms with Crippen LogP contribution < -0.4 is 19.7 Å². The molecular formula is C23H25F3N2O4. The predicted molar refractivity (Wildman–Crippen MR) is 116 cm³/mol. The Bertz CT molecular complexity index is 970. The molecule has 2 aromatic carbocycles. The summed E-state index contributed by atoms with van der Waals surface area (Å²) < 4.78 is 56.9. The van der Waals surface area contributed by atoms with E-state index in [1.165, 1.54) is 25.3 Å². The lowest BCUT2D eigenvalue weighted by Crippen LogP contribution is -2.36. The molecule has 0 aliphatic carbocycles. The van der Waals surface area contributed by atoms with E-state index < -0.39 is 17.6 Å². The lowest BCUT2D eigenvalue weighted by molar-refractivity contribution is -0.136. The fourth-order valence-electron chi connectivity index (χ4n) is 3.30. The van der Waals surface area contributed by atoms with Gasteiger partial charge in [-0.15, -0.1) is 0 Å². The normalized spacial score (nSPS) is 14.5. The molecule has 1 heterocycles.